The molecular formula is C17H29N3S. The van der Waals surface area contributed by atoms with Crippen molar-refractivity contribution in [2.24, 2.45) is 11.3 Å². The van der Waals surface area contributed by atoms with Crippen molar-refractivity contribution in [2.45, 2.75) is 58.0 Å². The predicted molar refractivity (Wildman–Crippen MR) is 89.5 cm³/mol. The third-order valence-electron chi connectivity index (χ3n) is 5.20. The van der Waals surface area contributed by atoms with Gasteiger partial charge in [0, 0.05) is 31.1 Å². The molecule has 1 aromatic rings. The molecule has 3 nitrogen and oxygen atoms in total. The number of thiazole rings is 1. The van der Waals surface area contributed by atoms with Crippen LogP contribution in [0.4, 0.5) is 0 Å². The van der Waals surface area contributed by atoms with Crippen LogP contribution >= 0.6 is 11.3 Å². The second-order valence-electron chi connectivity index (χ2n) is 7.49. The van der Waals surface area contributed by atoms with Gasteiger partial charge in [0.05, 0.1) is 11.2 Å². The lowest BCUT2D eigenvalue weighted by Crippen LogP contribution is -2.45. The van der Waals surface area contributed by atoms with Crippen molar-refractivity contribution in [3.05, 3.63) is 16.6 Å². The minimum atomic E-state index is 0.486. The molecule has 2 aliphatic carbocycles. The first-order chi connectivity index (χ1) is 10.2. The van der Waals surface area contributed by atoms with Gasteiger partial charge in [0.1, 0.15) is 0 Å². The maximum atomic E-state index is 4.43. The fraction of sp³-hybridized carbons (Fsp3) is 0.824. The smallest absolute Gasteiger partial charge is 0.0795 e. The summed E-state index contributed by atoms with van der Waals surface area (Å²) in [6.45, 7) is 5.82. The van der Waals surface area contributed by atoms with Gasteiger partial charge in [-0.2, -0.15) is 0 Å². The lowest BCUT2D eigenvalue weighted by Gasteiger charge is -2.42. The van der Waals surface area contributed by atoms with Crippen molar-refractivity contribution in [2.75, 3.05) is 20.1 Å². The van der Waals surface area contributed by atoms with Crippen molar-refractivity contribution >= 4 is 11.3 Å². The van der Waals surface area contributed by atoms with Crippen LogP contribution in [0.2, 0.25) is 0 Å². The highest BCUT2D eigenvalue weighted by atomic mass is 32.1. The molecule has 0 amide bonds. The SMILES string of the molecule is CC1CCC(CNC2CC2)(CN(C)Cc2cscn2)CC1. The van der Waals surface area contributed by atoms with Gasteiger partial charge >= 0.3 is 0 Å². The normalized spacial score (nSPS) is 30.0. The molecule has 21 heavy (non-hydrogen) atoms. The summed E-state index contributed by atoms with van der Waals surface area (Å²) in [5.74, 6) is 0.919. The van der Waals surface area contributed by atoms with E-state index in [9.17, 15) is 0 Å². The van der Waals surface area contributed by atoms with E-state index in [0.29, 0.717) is 5.41 Å². The van der Waals surface area contributed by atoms with Crippen molar-refractivity contribution < 1.29 is 0 Å². The van der Waals surface area contributed by atoms with Crippen LogP contribution in [-0.4, -0.2) is 36.1 Å². The van der Waals surface area contributed by atoms with Crippen LogP contribution in [-0.2, 0) is 6.54 Å². The van der Waals surface area contributed by atoms with Gasteiger partial charge < -0.3 is 5.32 Å². The van der Waals surface area contributed by atoms with Crippen molar-refractivity contribution in [3.63, 3.8) is 0 Å². The average Bonchev–Trinajstić information content (AvgIpc) is 3.17. The zero-order valence-corrected chi connectivity index (χ0v) is 14.3. The minimum Gasteiger partial charge on any atom is -0.313 e. The summed E-state index contributed by atoms with van der Waals surface area (Å²) in [6, 6.07) is 0.824. The van der Waals surface area contributed by atoms with Gasteiger partial charge in [-0.1, -0.05) is 19.8 Å². The monoisotopic (exact) mass is 307 g/mol. The fourth-order valence-corrected chi connectivity index (χ4v) is 4.18. The number of hydrogen-bond acceptors (Lipinski definition) is 4. The second kappa shape index (κ2) is 6.76. The van der Waals surface area contributed by atoms with E-state index in [0.717, 1.165) is 18.5 Å². The molecular weight excluding hydrogens is 278 g/mol. The maximum absolute atomic E-state index is 4.43. The van der Waals surface area contributed by atoms with E-state index in [4.69, 9.17) is 0 Å². The molecule has 2 saturated carbocycles. The van der Waals surface area contributed by atoms with E-state index in [2.05, 4.69) is 34.6 Å². The molecule has 0 bridgehead atoms. The molecule has 1 aromatic heterocycles. The fourth-order valence-electron chi connectivity index (χ4n) is 3.63. The van der Waals surface area contributed by atoms with Gasteiger partial charge in [0.2, 0.25) is 0 Å². The Balaban J connectivity index is 1.57. The zero-order valence-electron chi connectivity index (χ0n) is 13.5. The number of aromatic nitrogens is 1. The predicted octanol–water partition coefficient (Wildman–Crippen LogP) is 3.52. The van der Waals surface area contributed by atoms with Gasteiger partial charge in [-0.05, 0) is 44.1 Å². The van der Waals surface area contributed by atoms with E-state index in [-0.39, 0.29) is 0 Å². The van der Waals surface area contributed by atoms with E-state index >= 15 is 0 Å². The molecule has 4 heteroatoms. The summed E-state index contributed by atoms with van der Waals surface area (Å²) in [4.78, 5) is 6.92. The Bertz CT molecular complexity index is 419. The lowest BCUT2D eigenvalue weighted by molar-refractivity contribution is 0.0949. The molecule has 0 aromatic carbocycles. The molecule has 0 aliphatic heterocycles. The van der Waals surface area contributed by atoms with E-state index in [1.54, 1.807) is 11.3 Å². The number of nitrogens with one attached hydrogen (secondary N) is 1. The van der Waals surface area contributed by atoms with E-state index < -0.39 is 0 Å². The lowest BCUT2D eigenvalue weighted by atomic mass is 9.70. The maximum Gasteiger partial charge on any atom is 0.0795 e. The summed E-state index contributed by atoms with van der Waals surface area (Å²) in [5.41, 5.74) is 3.65. The first-order valence-electron chi connectivity index (χ1n) is 8.44. The minimum absolute atomic E-state index is 0.486. The third-order valence-corrected chi connectivity index (χ3v) is 5.83. The average molecular weight is 308 g/mol. The Morgan fingerprint density at radius 2 is 2.10 bits per heavy atom. The Hall–Kier alpha value is -0.450. The van der Waals surface area contributed by atoms with Gasteiger partial charge in [0.25, 0.3) is 0 Å². The molecule has 0 spiro atoms. The molecule has 118 valence electrons. The van der Waals surface area contributed by atoms with Crippen LogP contribution < -0.4 is 5.32 Å². The van der Waals surface area contributed by atoms with Crippen LogP contribution in [0.3, 0.4) is 0 Å². The summed E-state index contributed by atoms with van der Waals surface area (Å²) < 4.78 is 0. The first kappa shape index (κ1) is 15.4. The molecule has 1 N–H and O–H groups in total. The van der Waals surface area contributed by atoms with Crippen LogP contribution in [0.15, 0.2) is 10.9 Å². The Morgan fingerprint density at radius 1 is 1.33 bits per heavy atom. The van der Waals surface area contributed by atoms with Gasteiger partial charge in [0.15, 0.2) is 0 Å². The zero-order chi connectivity index (χ0) is 14.7. The van der Waals surface area contributed by atoms with Crippen LogP contribution in [0.1, 0.15) is 51.1 Å². The Kier molecular flexibility index (Phi) is 4.97. The molecule has 3 rings (SSSR count). The van der Waals surface area contributed by atoms with Gasteiger partial charge in [-0.25, -0.2) is 4.98 Å². The standard InChI is InChI=1S/C17H29N3S/c1-14-5-7-17(8-6-14,11-18-15-3-4-15)12-20(2)9-16-10-21-13-19-16/h10,13-15,18H,3-9,11-12H2,1-2H3. The Labute approximate surface area is 133 Å². The molecule has 0 unspecified atom stereocenters. The Morgan fingerprint density at radius 3 is 2.71 bits per heavy atom. The molecule has 1 heterocycles. The molecule has 2 fully saturated rings. The third kappa shape index (κ3) is 4.51. The van der Waals surface area contributed by atoms with Crippen LogP contribution in [0.5, 0.6) is 0 Å². The van der Waals surface area contributed by atoms with Crippen molar-refractivity contribution in [1.29, 1.82) is 0 Å². The molecule has 0 radical (unpaired) electrons. The van der Waals surface area contributed by atoms with Crippen LogP contribution in [0.25, 0.3) is 0 Å². The molecule has 0 saturated heterocycles. The highest BCUT2D eigenvalue weighted by molar-refractivity contribution is 7.07. The van der Waals surface area contributed by atoms with E-state index in [1.807, 2.05) is 5.51 Å². The van der Waals surface area contributed by atoms with Gasteiger partial charge in [-0.3, -0.25) is 4.90 Å². The van der Waals surface area contributed by atoms with Crippen molar-refractivity contribution in [3.8, 4) is 0 Å². The van der Waals surface area contributed by atoms with Crippen molar-refractivity contribution in [1.82, 2.24) is 15.2 Å². The van der Waals surface area contributed by atoms with Crippen LogP contribution in [0, 0.1) is 11.3 Å². The highest BCUT2D eigenvalue weighted by Crippen LogP contribution is 2.39. The summed E-state index contributed by atoms with van der Waals surface area (Å²) in [5, 5.41) is 5.98. The number of nitrogens with zero attached hydrogens (tertiary/aromatic N) is 2. The van der Waals surface area contributed by atoms with Gasteiger partial charge in [-0.15, -0.1) is 11.3 Å². The second-order valence-corrected chi connectivity index (χ2v) is 8.21. The van der Waals surface area contributed by atoms with E-state index in [1.165, 1.54) is 57.3 Å². The summed E-state index contributed by atoms with van der Waals surface area (Å²) >= 11 is 1.70. The molecule has 0 atom stereocenters. The quantitative estimate of drug-likeness (QED) is 0.835. The largest absolute Gasteiger partial charge is 0.313 e. The highest BCUT2D eigenvalue weighted by Gasteiger charge is 2.36. The molecule has 2 aliphatic rings. The topological polar surface area (TPSA) is 28.2 Å². The number of hydrogen-bond donors (Lipinski definition) is 1. The number of rotatable bonds is 7. The first-order valence-corrected chi connectivity index (χ1v) is 9.38. The summed E-state index contributed by atoms with van der Waals surface area (Å²) in [6.07, 6.45) is 8.35. The summed E-state index contributed by atoms with van der Waals surface area (Å²) in [7, 11) is 2.26.